The lowest BCUT2D eigenvalue weighted by molar-refractivity contribution is -0.129. The van der Waals surface area contributed by atoms with Gasteiger partial charge in [-0.2, -0.15) is 0 Å². The van der Waals surface area contributed by atoms with Gasteiger partial charge in [0.2, 0.25) is 5.90 Å². The summed E-state index contributed by atoms with van der Waals surface area (Å²) in [6.45, 7) is 2.55. The highest BCUT2D eigenvalue weighted by atomic mass is 35.5. The number of rotatable bonds is 6. The zero-order valence-corrected chi connectivity index (χ0v) is 15.3. The van der Waals surface area contributed by atoms with E-state index in [0.29, 0.717) is 34.6 Å². The van der Waals surface area contributed by atoms with Crippen molar-refractivity contribution in [1.29, 1.82) is 0 Å². The molecule has 0 spiro atoms. The zero-order chi connectivity index (χ0) is 17.8. The number of benzene rings is 1. The molecule has 0 fully saturated rings. The maximum Gasteiger partial charge on any atom is 0.363 e. The Bertz CT molecular complexity index is 843. The average molecular weight is 378 g/mol. The van der Waals surface area contributed by atoms with Crippen molar-refractivity contribution in [2.24, 2.45) is 4.99 Å². The van der Waals surface area contributed by atoms with Crippen molar-refractivity contribution in [2.45, 2.75) is 13.3 Å². The van der Waals surface area contributed by atoms with Crippen LogP contribution in [0.25, 0.3) is 6.08 Å². The minimum Gasteiger partial charge on any atom is -0.493 e. The Balaban J connectivity index is 1.93. The third kappa shape index (κ3) is 3.86. The van der Waals surface area contributed by atoms with Crippen LogP contribution in [0.5, 0.6) is 11.5 Å². The van der Waals surface area contributed by atoms with Gasteiger partial charge in [0.1, 0.15) is 0 Å². The van der Waals surface area contributed by atoms with E-state index >= 15 is 0 Å². The molecule has 0 radical (unpaired) electrons. The van der Waals surface area contributed by atoms with E-state index in [9.17, 15) is 4.79 Å². The number of cyclic esters (lactones) is 1. The summed E-state index contributed by atoms with van der Waals surface area (Å²) in [4.78, 5) is 17.1. The van der Waals surface area contributed by atoms with Gasteiger partial charge in [-0.25, -0.2) is 9.79 Å². The number of hydrogen-bond acceptors (Lipinski definition) is 6. The number of ether oxygens (including phenoxy) is 3. The van der Waals surface area contributed by atoms with Gasteiger partial charge in [-0.05, 0) is 41.6 Å². The molecule has 3 rings (SSSR count). The van der Waals surface area contributed by atoms with E-state index in [1.165, 1.54) is 18.4 Å². The third-order valence-corrected chi connectivity index (χ3v) is 4.50. The first kappa shape index (κ1) is 17.5. The van der Waals surface area contributed by atoms with Gasteiger partial charge in [0.15, 0.2) is 17.2 Å². The van der Waals surface area contributed by atoms with Crippen LogP contribution in [-0.2, 0) is 9.53 Å². The highest BCUT2D eigenvalue weighted by Gasteiger charge is 2.25. The van der Waals surface area contributed by atoms with Crippen molar-refractivity contribution in [3.8, 4) is 11.5 Å². The second kappa shape index (κ2) is 7.72. The SMILES string of the molecule is CCCOc1c(Cl)cc(C=C2N=C(c3cccs3)OC2=O)cc1OC. The quantitative estimate of drug-likeness (QED) is 0.547. The highest BCUT2D eigenvalue weighted by Crippen LogP contribution is 2.37. The number of nitrogens with zero attached hydrogens (tertiary/aromatic N) is 1. The van der Waals surface area contributed by atoms with Gasteiger partial charge in [-0.1, -0.05) is 24.6 Å². The molecule has 2 aromatic rings. The Morgan fingerprint density at radius 3 is 2.92 bits per heavy atom. The van der Waals surface area contributed by atoms with Crippen LogP contribution in [0.1, 0.15) is 23.8 Å². The fraction of sp³-hybridized carbons (Fsp3) is 0.222. The van der Waals surface area contributed by atoms with Crippen molar-refractivity contribution in [3.63, 3.8) is 0 Å². The maximum absolute atomic E-state index is 12.0. The molecule has 0 saturated carbocycles. The predicted molar refractivity (Wildman–Crippen MR) is 98.7 cm³/mol. The summed E-state index contributed by atoms with van der Waals surface area (Å²) in [7, 11) is 1.54. The van der Waals surface area contributed by atoms with Gasteiger partial charge in [0.25, 0.3) is 0 Å². The number of carbonyl (C=O) groups is 1. The summed E-state index contributed by atoms with van der Waals surface area (Å²) in [6, 6.07) is 7.17. The van der Waals surface area contributed by atoms with Crippen LogP contribution in [0.2, 0.25) is 5.02 Å². The van der Waals surface area contributed by atoms with Gasteiger partial charge in [0, 0.05) is 0 Å². The molecular formula is C18H16ClNO4S. The molecule has 130 valence electrons. The molecule has 2 heterocycles. The van der Waals surface area contributed by atoms with Gasteiger partial charge >= 0.3 is 5.97 Å². The second-order valence-corrected chi connectivity index (χ2v) is 6.55. The third-order valence-electron chi connectivity index (χ3n) is 3.36. The summed E-state index contributed by atoms with van der Waals surface area (Å²) >= 11 is 7.75. The van der Waals surface area contributed by atoms with E-state index < -0.39 is 5.97 Å². The minimum atomic E-state index is -0.496. The number of carbonyl (C=O) groups excluding carboxylic acids is 1. The van der Waals surface area contributed by atoms with Crippen LogP contribution in [0.15, 0.2) is 40.3 Å². The molecule has 0 amide bonds. The molecule has 25 heavy (non-hydrogen) atoms. The van der Waals surface area contributed by atoms with E-state index in [0.717, 1.165) is 11.3 Å². The molecule has 0 saturated heterocycles. The molecule has 0 unspecified atom stereocenters. The Kier molecular flexibility index (Phi) is 5.40. The van der Waals surface area contributed by atoms with Crippen LogP contribution < -0.4 is 9.47 Å². The van der Waals surface area contributed by atoms with Crippen LogP contribution in [0.4, 0.5) is 0 Å². The van der Waals surface area contributed by atoms with E-state index in [-0.39, 0.29) is 5.70 Å². The van der Waals surface area contributed by atoms with E-state index in [1.54, 1.807) is 18.2 Å². The fourth-order valence-corrected chi connectivity index (χ4v) is 3.16. The Labute approximate surface area is 154 Å². The zero-order valence-electron chi connectivity index (χ0n) is 13.7. The van der Waals surface area contributed by atoms with Crippen molar-refractivity contribution in [1.82, 2.24) is 0 Å². The van der Waals surface area contributed by atoms with Gasteiger partial charge < -0.3 is 14.2 Å². The number of esters is 1. The molecule has 0 atom stereocenters. The molecule has 0 aliphatic carbocycles. The molecule has 0 bridgehead atoms. The molecule has 1 aromatic heterocycles. The molecule has 1 aliphatic heterocycles. The summed E-state index contributed by atoms with van der Waals surface area (Å²) in [6.07, 6.45) is 2.47. The monoisotopic (exact) mass is 377 g/mol. The van der Waals surface area contributed by atoms with Crippen molar-refractivity contribution >= 4 is 40.9 Å². The van der Waals surface area contributed by atoms with Crippen LogP contribution in [0, 0.1) is 0 Å². The van der Waals surface area contributed by atoms with Crippen molar-refractivity contribution < 1.29 is 19.0 Å². The number of hydrogen-bond donors (Lipinski definition) is 0. The van der Waals surface area contributed by atoms with Crippen molar-refractivity contribution in [2.75, 3.05) is 13.7 Å². The first-order valence-corrected chi connectivity index (χ1v) is 8.95. The molecular weight excluding hydrogens is 362 g/mol. The Hall–Kier alpha value is -2.31. The molecule has 1 aromatic carbocycles. The molecule has 1 aliphatic rings. The molecule has 7 heteroatoms. The summed E-state index contributed by atoms with van der Waals surface area (Å²) < 4.78 is 16.2. The van der Waals surface area contributed by atoms with Crippen LogP contribution in [-0.4, -0.2) is 25.6 Å². The van der Waals surface area contributed by atoms with E-state index in [4.69, 9.17) is 25.8 Å². The standard InChI is InChI=1S/C18H16ClNO4S/c1-3-6-23-16-12(19)8-11(10-14(16)22-2)9-13-18(21)24-17(20-13)15-5-4-7-25-15/h4-5,7-10H,3,6H2,1-2H3. The number of aliphatic imine (C=N–C) groups is 1. The van der Waals surface area contributed by atoms with Crippen LogP contribution >= 0.6 is 22.9 Å². The lowest BCUT2D eigenvalue weighted by Gasteiger charge is -2.12. The lowest BCUT2D eigenvalue weighted by Crippen LogP contribution is -2.03. The maximum atomic E-state index is 12.0. The Morgan fingerprint density at radius 1 is 1.40 bits per heavy atom. The van der Waals surface area contributed by atoms with Gasteiger partial charge in [-0.15, -0.1) is 11.3 Å². The topological polar surface area (TPSA) is 57.1 Å². The summed E-state index contributed by atoms with van der Waals surface area (Å²) in [5.74, 6) is 0.809. The first-order valence-electron chi connectivity index (χ1n) is 7.69. The van der Waals surface area contributed by atoms with Crippen LogP contribution in [0.3, 0.4) is 0 Å². The lowest BCUT2D eigenvalue weighted by atomic mass is 10.1. The number of thiophene rings is 1. The smallest absolute Gasteiger partial charge is 0.363 e. The average Bonchev–Trinajstić information content (AvgIpc) is 3.24. The molecule has 5 nitrogen and oxygen atoms in total. The second-order valence-electron chi connectivity index (χ2n) is 5.20. The fourth-order valence-electron chi connectivity index (χ4n) is 2.24. The normalized spacial score (nSPS) is 15.2. The highest BCUT2D eigenvalue weighted by molar-refractivity contribution is 7.12. The predicted octanol–water partition coefficient (Wildman–Crippen LogP) is 4.54. The number of methoxy groups -OCH3 is 1. The largest absolute Gasteiger partial charge is 0.493 e. The minimum absolute atomic E-state index is 0.212. The Morgan fingerprint density at radius 2 is 2.24 bits per heavy atom. The summed E-state index contributed by atoms with van der Waals surface area (Å²) in [5, 5.41) is 2.31. The first-order chi connectivity index (χ1) is 12.1. The van der Waals surface area contributed by atoms with E-state index in [1.807, 2.05) is 24.4 Å². The number of halogens is 1. The summed E-state index contributed by atoms with van der Waals surface area (Å²) in [5.41, 5.74) is 0.887. The van der Waals surface area contributed by atoms with Crippen molar-refractivity contribution in [3.05, 3.63) is 50.8 Å². The van der Waals surface area contributed by atoms with Gasteiger partial charge in [0.05, 0.1) is 23.6 Å². The van der Waals surface area contributed by atoms with Gasteiger partial charge in [-0.3, -0.25) is 0 Å². The molecule has 0 N–H and O–H groups in total. The van der Waals surface area contributed by atoms with E-state index in [2.05, 4.69) is 4.99 Å².